The first kappa shape index (κ1) is 22.9. The van der Waals surface area contributed by atoms with Gasteiger partial charge in [0.1, 0.15) is 10.7 Å². The molecular formula is C16H24N8O3S2. The Bertz CT molecular complexity index is 994. The molecule has 2 rings (SSSR count). The number of primary sulfonamides is 1. The van der Waals surface area contributed by atoms with Crippen molar-refractivity contribution in [3.63, 3.8) is 0 Å². The maximum absolute atomic E-state index is 12.5. The van der Waals surface area contributed by atoms with Gasteiger partial charge in [0.25, 0.3) is 0 Å². The van der Waals surface area contributed by atoms with Gasteiger partial charge < -0.3 is 16.6 Å². The van der Waals surface area contributed by atoms with E-state index in [1.165, 1.54) is 6.20 Å². The molecule has 1 heterocycles. The Morgan fingerprint density at radius 1 is 1.34 bits per heavy atom. The van der Waals surface area contributed by atoms with Crippen LogP contribution in [0.3, 0.4) is 0 Å². The summed E-state index contributed by atoms with van der Waals surface area (Å²) < 4.78 is 28.0. The van der Waals surface area contributed by atoms with E-state index in [0.29, 0.717) is 17.5 Å². The molecule has 0 aliphatic heterocycles. The van der Waals surface area contributed by atoms with Crippen LogP contribution < -0.4 is 32.7 Å². The van der Waals surface area contributed by atoms with Gasteiger partial charge in [-0.05, 0) is 42.1 Å². The molecule has 0 aliphatic rings. The van der Waals surface area contributed by atoms with Crippen LogP contribution in [0.5, 0.6) is 0 Å². The predicted octanol–water partition coefficient (Wildman–Crippen LogP) is -0.571. The third-order valence-electron chi connectivity index (χ3n) is 4.02. The van der Waals surface area contributed by atoms with Gasteiger partial charge in [0.2, 0.25) is 10.0 Å². The van der Waals surface area contributed by atoms with Crippen LogP contribution in [-0.4, -0.2) is 37.0 Å². The van der Waals surface area contributed by atoms with Crippen molar-refractivity contribution in [2.45, 2.75) is 29.2 Å². The smallest absolute Gasteiger partial charge is 0.239 e. The lowest BCUT2D eigenvalue weighted by atomic mass is 9.99. The molecule has 11 N–H and O–H groups in total. The molecular weight excluding hydrogens is 416 g/mol. The van der Waals surface area contributed by atoms with Crippen molar-refractivity contribution in [3.05, 3.63) is 36.0 Å². The van der Waals surface area contributed by atoms with Crippen molar-refractivity contribution in [1.82, 2.24) is 15.2 Å². The molecule has 0 bridgehead atoms. The highest BCUT2D eigenvalue weighted by Gasteiger charge is 2.27. The highest BCUT2D eigenvalue weighted by molar-refractivity contribution is 7.98. The molecule has 0 saturated carbocycles. The second-order valence-corrected chi connectivity index (χ2v) is 8.31. The number of hydrogen-bond donors (Lipinski definition) is 7. The number of pyridine rings is 1. The standard InChI is InChI=1S/C16H24N8O3S2/c1-2-9(8-25)23-28-12-6-5-10(11-4-3-7-21-15(11)17)13(16(18)22-24-19)14(12)29(20,26)27/h3-7,9,23-25H,2,8,19H2,1H3,(H2,17,21)(H2,18,22)(H2,20,26,27). The molecule has 0 radical (unpaired) electrons. The maximum atomic E-state index is 12.5. The summed E-state index contributed by atoms with van der Waals surface area (Å²) >= 11 is 1.01. The molecule has 2 aromatic rings. The molecule has 1 aromatic carbocycles. The number of nitrogens with one attached hydrogen (secondary N) is 2. The summed E-state index contributed by atoms with van der Waals surface area (Å²) in [7, 11) is -4.25. The molecule has 0 saturated heterocycles. The van der Waals surface area contributed by atoms with E-state index in [1.54, 1.807) is 24.3 Å². The average molecular weight is 441 g/mol. The largest absolute Gasteiger partial charge is 0.395 e. The SMILES string of the molecule is CCC(CO)NSc1ccc(-c2cccnc2N)c(/C(N)=N/NN)c1S(N)(=O)=O. The molecule has 0 spiro atoms. The zero-order valence-corrected chi connectivity index (χ0v) is 17.3. The Hall–Kier alpha value is -2.42. The Labute approximate surface area is 173 Å². The number of nitrogen functional groups attached to an aromatic ring is 1. The van der Waals surface area contributed by atoms with E-state index in [9.17, 15) is 13.5 Å². The summed E-state index contributed by atoms with van der Waals surface area (Å²) in [5.41, 5.74) is 14.9. The molecule has 29 heavy (non-hydrogen) atoms. The third kappa shape index (κ3) is 5.35. The number of sulfonamides is 1. The van der Waals surface area contributed by atoms with Gasteiger partial charge in [-0.3, -0.25) is 4.72 Å². The van der Waals surface area contributed by atoms with Crippen LogP contribution in [0.4, 0.5) is 5.82 Å². The van der Waals surface area contributed by atoms with Crippen molar-refractivity contribution in [2.24, 2.45) is 21.8 Å². The summed E-state index contributed by atoms with van der Waals surface area (Å²) in [6, 6.07) is 6.28. The lowest BCUT2D eigenvalue weighted by Crippen LogP contribution is -2.29. The minimum Gasteiger partial charge on any atom is -0.395 e. The van der Waals surface area contributed by atoms with Gasteiger partial charge in [-0.1, -0.05) is 13.0 Å². The monoisotopic (exact) mass is 440 g/mol. The topological polar surface area (TPSA) is 208 Å². The van der Waals surface area contributed by atoms with Gasteiger partial charge in [-0.2, -0.15) is 0 Å². The van der Waals surface area contributed by atoms with Gasteiger partial charge in [-0.15, -0.1) is 5.10 Å². The van der Waals surface area contributed by atoms with Gasteiger partial charge in [0, 0.05) is 28.3 Å². The predicted molar refractivity (Wildman–Crippen MR) is 114 cm³/mol. The second-order valence-electron chi connectivity index (χ2n) is 5.93. The van der Waals surface area contributed by atoms with Gasteiger partial charge >= 0.3 is 0 Å². The molecule has 158 valence electrons. The van der Waals surface area contributed by atoms with Crippen molar-refractivity contribution in [3.8, 4) is 11.1 Å². The van der Waals surface area contributed by atoms with Crippen LogP contribution in [0.2, 0.25) is 0 Å². The van der Waals surface area contributed by atoms with Crippen molar-refractivity contribution < 1.29 is 13.5 Å². The molecule has 13 heteroatoms. The first-order chi connectivity index (χ1) is 13.7. The molecule has 11 nitrogen and oxygen atoms in total. The number of aliphatic hydroxyl groups is 1. The van der Waals surface area contributed by atoms with E-state index in [2.05, 4.69) is 20.3 Å². The molecule has 1 aromatic heterocycles. The maximum Gasteiger partial charge on any atom is 0.239 e. The highest BCUT2D eigenvalue weighted by atomic mass is 32.2. The number of aromatic nitrogens is 1. The van der Waals surface area contributed by atoms with E-state index in [1.807, 2.05) is 6.92 Å². The number of amidine groups is 1. The summed E-state index contributed by atoms with van der Waals surface area (Å²) in [4.78, 5) is 4.05. The Kier molecular flexibility index (Phi) is 7.78. The fourth-order valence-electron chi connectivity index (χ4n) is 2.57. The second kappa shape index (κ2) is 9.87. The summed E-state index contributed by atoms with van der Waals surface area (Å²) in [5.74, 6) is 5.21. The summed E-state index contributed by atoms with van der Waals surface area (Å²) in [5, 5.41) is 18.6. The van der Waals surface area contributed by atoms with E-state index < -0.39 is 10.0 Å². The van der Waals surface area contributed by atoms with Crippen molar-refractivity contribution in [1.29, 1.82) is 0 Å². The fourth-order valence-corrected chi connectivity index (χ4v) is 4.76. The first-order valence-electron chi connectivity index (χ1n) is 8.47. The lowest BCUT2D eigenvalue weighted by Gasteiger charge is -2.19. The number of nitrogens with two attached hydrogens (primary N) is 4. The zero-order chi connectivity index (χ0) is 21.6. The van der Waals surface area contributed by atoms with Crippen LogP contribution in [-0.2, 0) is 10.0 Å². The van der Waals surface area contributed by atoms with E-state index in [-0.39, 0.29) is 39.7 Å². The fraction of sp³-hybridized carbons (Fsp3) is 0.250. The number of hydrogen-bond acceptors (Lipinski definition) is 10. The highest BCUT2D eigenvalue weighted by Crippen LogP contribution is 2.36. The quantitative estimate of drug-likeness (QED) is 0.0868. The average Bonchev–Trinajstić information content (AvgIpc) is 2.68. The lowest BCUT2D eigenvalue weighted by molar-refractivity contribution is 0.256. The summed E-state index contributed by atoms with van der Waals surface area (Å²) in [6.07, 6.45) is 2.14. The van der Waals surface area contributed by atoms with Crippen LogP contribution in [0.15, 0.2) is 45.4 Å². The zero-order valence-electron chi connectivity index (χ0n) is 15.7. The Morgan fingerprint density at radius 2 is 2.07 bits per heavy atom. The molecule has 0 aliphatic carbocycles. The molecule has 1 unspecified atom stereocenters. The van der Waals surface area contributed by atoms with Gasteiger partial charge in [-0.25, -0.2) is 29.9 Å². The summed E-state index contributed by atoms with van der Waals surface area (Å²) in [6.45, 7) is 1.76. The van der Waals surface area contributed by atoms with Crippen molar-refractivity contribution >= 4 is 33.6 Å². The minimum atomic E-state index is -4.25. The number of rotatable bonds is 9. The van der Waals surface area contributed by atoms with Gasteiger partial charge in [0.05, 0.1) is 6.61 Å². The van der Waals surface area contributed by atoms with E-state index in [0.717, 1.165) is 11.9 Å². The van der Waals surface area contributed by atoms with Gasteiger partial charge in [0.15, 0.2) is 5.84 Å². The van der Waals surface area contributed by atoms with Crippen molar-refractivity contribution in [2.75, 3.05) is 12.3 Å². The van der Waals surface area contributed by atoms with Crippen LogP contribution in [0.25, 0.3) is 11.1 Å². The number of nitrogens with zero attached hydrogens (tertiary/aromatic N) is 2. The number of benzene rings is 1. The van der Waals surface area contributed by atoms with Crippen LogP contribution in [0.1, 0.15) is 18.9 Å². The van der Waals surface area contributed by atoms with E-state index in [4.69, 9.17) is 22.4 Å². The number of anilines is 1. The number of hydrazone groups is 1. The van der Waals surface area contributed by atoms with Crippen LogP contribution in [0, 0.1) is 0 Å². The molecule has 0 fully saturated rings. The molecule has 0 amide bonds. The normalized spacial score (nSPS) is 13.3. The Morgan fingerprint density at radius 3 is 2.62 bits per heavy atom. The molecule has 1 atom stereocenters. The number of aliphatic hydroxyl groups excluding tert-OH is 1. The van der Waals surface area contributed by atoms with Crippen LogP contribution >= 0.6 is 11.9 Å². The number of hydrazine groups is 1. The van der Waals surface area contributed by atoms with E-state index >= 15 is 0 Å². The Balaban J connectivity index is 2.78. The first-order valence-corrected chi connectivity index (χ1v) is 10.8. The third-order valence-corrected chi connectivity index (χ3v) is 6.16. The minimum absolute atomic E-state index is 0.0361.